The number of rotatable bonds is 3. The Hall–Kier alpha value is -1.72. The number of benzene rings is 1. The summed E-state index contributed by atoms with van der Waals surface area (Å²) in [6.07, 6.45) is 1.29. The number of methoxy groups -OCH3 is 1. The molecule has 0 spiro atoms. The van der Waals surface area contributed by atoms with E-state index in [1.807, 2.05) is 0 Å². The number of nitrogens with two attached hydrogens (primary N) is 1. The van der Waals surface area contributed by atoms with Gasteiger partial charge in [-0.15, -0.1) is 0 Å². The maximum atomic E-state index is 6.04. The molecule has 0 atom stereocenters. The smallest absolute Gasteiger partial charge is 0.224 e. The van der Waals surface area contributed by atoms with E-state index in [0.717, 1.165) is 0 Å². The summed E-state index contributed by atoms with van der Waals surface area (Å²) in [5, 5.41) is 0.590. The van der Waals surface area contributed by atoms with E-state index in [4.69, 9.17) is 38.4 Å². The summed E-state index contributed by atoms with van der Waals surface area (Å²) in [7, 11) is 1.49. The number of ether oxygens (including phenoxy) is 2. The summed E-state index contributed by atoms with van der Waals surface area (Å²) in [5.41, 5.74) is 6.13. The van der Waals surface area contributed by atoms with Crippen molar-refractivity contribution in [1.29, 1.82) is 0 Å². The summed E-state index contributed by atoms with van der Waals surface area (Å²) in [4.78, 5) is 7.66. The molecule has 0 fully saturated rings. The summed E-state index contributed by atoms with van der Waals surface area (Å²) < 4.78 is 10.7. The fraction of sp³-hybridized carbons (Fsp3) is 0.0909. The highest BCUT2D eigenvalue weighted by Crippen LogP contribution is 2.39. The number of nitrogens with zero attached hydrogens (tertiary/aromatic N) is 2. The summed E-state index contributed by atoms with van der Waals surface area (Å²) >= 11 is 11.8. The van der Waals surface area contributed by atoms with Crippen molar-refractivity contribution in [2.45, 2.75) is 0 Å². The molecule has 0 saturated carbocycles. The zero-order valence-corrected chi connectivity index (χ0v) is 10.9. The third-order valence-electron chi connectivity index (χ3n) is 2.07. The van der Waals surface area contributed by atoms with Crippen molar-refractivity contribution in [2.75, 3.05) is 12.8 Å². The maximum Gasteiger partial charge on any atom is 0.224 e. The van der Waals surface area contributed by atoms with E-state index < -0.39 is 0 Å². The standard InChI is InChI=1S/C11H9Cl2N3O2/c1-17-8-3-6(14)2-7(12)11(8)18-10-4-9(13)15-5-16-10/h2-5H,14H2,1H3. The van der Waals surface area contributed by atoms with Gasteiger partial charge in [-0.1, -0.05) is 23.2 Å². The van der Waals surface area contributed by atoms with Crippen LogP contribution in [0.4, 0.5) is 5.69 Å². The predicted octanol–water partition coefficient (Wildman–Crippen LogP) is 3.17. The van der Waals surface area contributed by atoms with Crippen molar-refractivity contribution in [2.24, 2.45) is 0 Å². The lowest BCUT2D eigenvalue weighted by molar-refractivity contribution is 0.374. The molecule has 2 N–H and O–H groups in total. The molecule has 2 aromatic rings. The van der Waals surface area contributed by atoms with Crippen molar-refractivity contribution < 1.29 is 9.47 Å². The minimum atomic E-state index is 0.264. The van der Waals surface area contributed by atoms with Crippen LogP contribution in [-0.2, 0) is 0 Å². The highest BCUT2D eigenvalue weighted by molar-refractivity contribution is 6.32. The van der Waals surface area contributed by atoms with E-state index in [-0.39, 0.29) is 11.0 Å². The van der Waals surface area contributed by atoms with Crippen molar-refractivity contribution in [3.63, 3.8) is 0 Å². The molecular formula is C11H9Cl2N3O2. The van der Waals surface area contributed by atoms with Gasteiger partial charge in [-0.3, -0.25) is 0 Å². The van der Waals surface area contributed by atoms with Gasteiger partial charge < -0.3 is 15.2 Å². The molecule has 18 heavy (non-hydrogen) atoms. The van der Waals surface area contributed by atoms with Gasteiger partial charge in [0.2, 0.25) is 5.88 Å². The minimum Gasteiger partial charge on any atom is -0.493 e. The molecule has 0 radical (unpaired) electrons. The molecule has 1 heterocycles. The molecule has 2 rings (SSSR count). The second-order valence-electron chi connectivity index (χ2n) is 3.32. The lowest BCUT2D eigenvalue weighted by Crippen LogP contribution is -1.95. The number of hydrogen-bond acceptors (Lipinski definition) is 5. The second-order valence-corrected chi connectivity index (χ2v) is 4.11. The van der Waals surface area contributed by atoms with Gasteiger partial charge in [0.05, 0.1) is 12.1 Å². The average molecular weight is 286 g/mol. The largest absolute Gasteiger partial charge is 0.493 e. The van der Waals surface area contributed by atoms with Gasteiger partial charge in [-0.25, -0.2) is 9.97 Å². The first-order valence-electron chi connectivity index (χ1n) is 4.88. The van der Waals surface area contributed by atoms with E-state index in [2.05, 4.69) is 9.97 Å². The molecule has 1 aromatic carbocycles. The van der Waals surface area contributed by atoms with Gasteiger partial charge in [-0.05, 0) is 6.07 Å². The molecule has 94 valence electrons. The van der Waals surface area contributed by atoms with Crippen LogP contribution in [-0.4, -0.2) is 17.1 Å². The van der Waals surface area contributed by atoms with Gasteiger partial charge >= 0.3 is 0 Å². The van der Waals surface area contributed by atoms with Crippen LogP contribution in [0.25, 0.3) is 0 Å². The highest BCUT2D eigenvalue weighted by atomic mass is 35.5. The van der Waals surface area contributed by atoms with Crippen LogP contribution in [0.1, 0.15) is 0 Å². The number of halogens is 2. The lowest BCUT2D eigenvalue weighted by atomic mass is 10.3. The average Bonchev–Trinajstić information content (AvgIpc) is 2.32. The minimum absolute atomic E-state index is 0.264. The first-order valence-corrected chi connectivity index (χ1v) is 5.64. The third kappa shape index (κ3) is 2.75. The van der Waals surface area contributed by atoms with Crippen LogP contribution in [0.2, 0.25) is 10.2 Å². The number of aromatic nitrogens is 2. The number of nitrogen functional groups attached to an aromatic ring is 1. The maximum absolute atomic E-state index is 6.04. The Morgan fingerprint density at radius 2 is 1.94 bits per heavy atom. The Morgan fingerprint density at radius 3 is 2.61 bits per heavy atom. The molecule has 0 aliphatic heterocycles. The third-order valence-corrected chi connectivity index (χ3v) is 2.55. The molecule has 7 heteroatoms. The van der Waals surface area contributed by atoms with Crippen LogP contribution in [0, 0.1) is 0 Å². The molecule has 0 aliphatic rings. The van der Waals surface area contributed by atoms with E-state index in [9.17, 15) is 0 Å². The SMILES string of the molecule is COc1cc(N)cc(Cl)c1Oc1cc(Cl)ncn1. The molecule has 0 saturated heterocycles. The van der Waals surface area contributed by atoms with Crippen molar-refractivity contribution in [1.82, 2.24) is 9.97 Å². The van der Waals surface area contributed by atoms with E-state index >= 15 is 0 Å². The zero-order chi connectivity index (χ0) is 13.1. The van der Waals surface area contributed by atoms with Crippen LogP contribution < -0.4 is 15.2 Å². The topological polar surface area (TPSA) is 70.3 Å². The van der Waals surface area contributed by atoms with Gasteiger partial charge in [0.1, 0.15) is 11.5 Å². The summed E-state index contributed by atoms with van der Waals surface area (Å²) in [5.74, 6) is 0.998. The van der Waals surface area contributed by atoms with E-state index in [0.29, 0.717) is 22.2 Å². The fourth-order valence-corrected chi connectivity index (χ4v) is 1.71. The first-order chi connectivity index (χ1) is 8.60. The van der Waals surface area contributed by atoms with Gasteiger partial charge in [0.15, 0.2) is 11.5 Å². The van der Waals surface area contributed by atoms with Crippen molar-refractivity contribution in [3.05, 3.63) is 34.7 Å². The molecule has 0 unspecified atom stereocenters. The van der Waals surface area contributed by atoms with Gasteiger partial charge in [0.25, 0.3) is 0 Å². The quantitative estimate of drug-likeness (QED) is 0.693. The number of anilines is 1. The normalized spacial score (nSPS) is 10.2. The van der Waals surface area contributed by atoms with Crippen molar-refractivity contribution in [3.8, 4) is 17.4 Å². The molecule has 5 nitrogen and oxygen atoms in total. The first kappa shape index (κ1) is 12.7. The molecule has 1 aromatic heterocycles. The van der Waals surface area contributed by atoms with Crippen molar-refractivity contribution >= 4 is 28.9 Å². The van der Waals surface area contributed by atoms with Gasteiger partial charge in [-0.2, -0.15) is 0 Å². The Labute approximate surface area is 113 Å². The fourth-order valence-electron chi connectivity index (χ4n) is 1.32. The van der Waals surface area contributed by atoms with E-state index in [1.165, 1.54) is 19.5 Å². The van der Waals surface area contributed by atoms with Crippen LogP contribution in [0.3, 0.4) is 0 Å². The lowest BCUT2D eigenvalue weighted by Gasteiger charge is -2.11. The van der Waals surface area contributed by atoms with Crippen LogP contribution in [0.5, 0.6) is 17.4 Å². The Kier molecular flexibility index (Phi) is 3.74. The number of hydrogen-bond donors (Lipinski definition) is 1. The van der Waals surface area contributed by atoms with E-state index in [1.54, 1.807) is 12.1 Å². The Morgan fingerprint density at radius 1 is 1.17 bits per heavy atom. The molecule has 0 bridgehead atoms. The molecule has 0 amide bonds. The monoisotopic (exact) mass is 285 g/mol. The van der Waals surface area contributed by atoms with Gasteiger partial charge in [0, 0.05) is 17.8 Å². The molecule has 0 aliphatic carbocycles. The summed E-state index contributed by atoms with van der Waals surface area (Å²) in [6, 6.07) is 4.62. The van der Waals surface area contributed by atoms with Crippen LogP contribution in [0.15, 0.2) is 24.5 Å². The molecular weight excluding hydrogens is 277 g/mol. The Bertz CT molecular complexity index is 578. The highest BCUT2D eigenvalue weighted by Gasteiger charge is 2.13. The predicted molar refractivity (Wildman–Crippen MR) is 69.5 cm³/mol. The van der Waals surface area contributed by atoms with Crippen LogP contribution >= 0.6 is 23.2 Å². The summed E-state index contributed by atoms with van der Waals surface area (Å²) in [6.45, 7) is 0. The zero-order valence-electron chi connectivity index (χ0n) is 9.35. The Balaban J connectivity index is 2.39. The second kappa shape index (κ2) is 5.29.